The third-order valence-corrected chi connectivity index (χ3v) is 5.27. The van der Waals surface area contributed by atoms with E-state index in [2.05, 4.69) is 46.1 Å². The molecule has 6 nitrogen and oxygen atoms in total. The molecule has 178 valence electrons. The lowest BCUT2D eigenvalue weighted by Gasteiger charge is -2.22. The van der Waals surface area contributed by atoms with Crippen molar-refractivity contribution in [1.29, 1.82) is 0 Å². The summed E-state index contributed by atoms with van der Waals surface area (Å²) in [4.78, 5) is 22.7. The van der Waals surface area contributed by atoms with Crippen molar-refractivity contribution in [1.82, 2.24) is 0 Å². The van der Waals surface area contributed by atoms with Crippen molar-refractivity contribution in [2.75, 3.05) is 26.4 Å². The molecule has 0 amide bonds. The van der Waals surface area contributed by atoms with Crippen LogP contribution in [0.1, 0.15) is 26.3 Å². The van der Waals surface area contributed by atoms with Gasteiger partial charge in [-0.3, -0.25) is 0 Å². The van der Waals surface area contributed by atoms with E-state index >= 15 is 0 Å². The minimum Gasteiger partial charge on any atom is -0.489 e. The van der Waals surface area contributed by atoms with Gasteiger partial charge in [0.25, 0.3) is 0 Å². The summed E-state index contributed by atoms with van der Waals surface area (Å²) in [5.74, 6) is 0.395. The topological polar surface area (TPSA) is 71.1 Å². The Kier molecular flexibility index (Phi) is 7.95. The Bertz CT molecular complexity index is 1220. The van der Waals surface area contributed by atoms with Crippen LogP contribution in [-0.2, 0) is 24.5 Å². The Morgan fingerprint density at radius 3 is 1.68 bits per heavy atom. The smallest absolute Gasteiger partial charge is 0.330 e. The van der Waals surface area contributed by atoms with E-state index < -0.39 is 11.9 Å². The van der Waals surface area contributed by atoms with Gasteiger partial charge in [-0.1, -0.05) is 70.3 Å². The standard InChI is InChI=1S/C28H30O6/c1-6-24(29)31-14-16-33-26-20-10-8-9-11-21(20)27(34-17-15-32-25(30)7-2)23-18-19(28(3,4)5)12-13-22(23)26/h6-13,18H,1-2,14-17H2,3-5H3. The number of fused-ring (bicyclic) bond motifs is 2. The molecule has 0 heterocycles. The summed E-state index contributed by atoms with van der Waals surface area (Å²) >= 11 is 0. The van der Waals surface area contributed by atoms with Crippen LogP contribution in [0.4, 0.5) is 0 Å². The van der Waals surface area contributed by atoms with E-state index in [1.165, 1.54) is 0 Å². The minimum absolute atomic E-state index is 0.0729. The van der Waals surface area contributed by atoms with Gasteiger partial charge in [-0.2, -0.15) is 0 Å². The molecular formula is C28H30O6. The largest absolute Gasteiger partial charge is 0.489 e. The Morgan fingerprint density at radius 2 is 1.21 bits per heavy atom. The molecule has 3 rings (SSSR count). The summed E-state index contributed by atoms with van der Waals surface area (Å²) < 4.78 is 22.4. The molecule has 0 radical (unpaired) electrons. The number of hydrogen-bond acceptors (Lipinski definition) is 6. The summed E-state index contributed by atoms with van der Waals surface area (Å²) in [6.45, 7) is 13.8. The number of rotatable bonds is 10. The van der Waals surface area contributed by atoms with Crippen LogP contribution >= 0.6 is 0 Å². The fraction of sp³-hybridized carbons (Fsp3) is 0.286. The van der Waals surface area contributed by atoms with E-state index in [1.807, 2.05) is 30.3 Å². The average Bonchev–Trinajstić information content (AvgIpc) is 2.83. The van der Waals surface area contributed by atoms with Gasteiger partial charge >= 0.3 is 11.9 Å². The van der Waals surface area contributed by atoms with Crippen LogP contribution in [0.2, 0.25) is 0 Å². The van der Waals surface area contributed by atoms with E-state index in [0.29, 0.717) is 11.5 Å². The molecule has 0 aromatic heterocycles. The van der Waals surface area contributed by atoms with Gasteiger partial charge in [-0.25, -0.2) is 9.59 Å². The first-order chi connectivity index (χ1) is 16.3. The molecule has 0 atom stereocenters. The number of hydrogen-bond donors (Lipinski definition) is 0. The zero-order valence-corrected chi connectivity index (χ0v) is 19.9. The Labute approximate surface area is 199 Å². The van der Waals surface area contributed by atoms with Crippen molar-refractivity contribution < 1.29 is 28.5 Å². The number of carbonyl (C=O) groups excluding carboxylic acids is 2. The van der Waals surface area contributed by atoms with Crippen LogP contribution < -0.4 is 9.47 Å². The van der Waals surface area contributed by atoms with Crippen LogP contribution in [0, 0.1) is 0 Å². The lowest BCUT2D eigenvalue weighted by Crippen LogP contribution is -2.13. The fourth-order valence-electron chi connectivity index (χ4n) is 3.57. The summed E-state index contributed by atoms with van der Waals surface area (Å²) in [6.07, 6.45) is 2.25. The highest BCUT2D eigenvalue weighted by Gasteiger charge is 2.20. The maximum atomic E-state index is 11.4. The molecule has 34 heavy (non-hydrogen) atoms. The first-order valence-electron chi connectivity index (χ1n) is 11.1. The lowest BCUT2D eigenvalue weighted by atomic mass is 9.85. The molecule has 0 N–H and O–H groups in total. The molecule has 0 bridgehead atoms. The number of ether oxygens (including phenoxy) is 4. The maximum absolute atomic E-state index is 11.4. The molecule has 0 saturated heterocycles. The Hall–Kier alpha value is -3.80. The highest BCUT2D eigenvalue weighted by atomic mass is 16.6. The molecule has 0 aliphatic rings. The van der Waals surface area contributed by atoms with E-state index in [9.17, 15) is 9.59 Å². The van der Waals surface area contributed by atoms with E-state index in [0.717, 1.165) is 39.3 Å². The third-order valence-electron chi connectivity index (χ3n) is 5.27. The van der Waals surface area contributed by atoms with Gasteiger partial charge in [-0.15, -0.1) is 0 Å². The van der Waals surface area contributed by atoms with E-state index in [-0.39, 0.29) is 31.8 Å². The Balaban J connectivity index is 2.06. The van der Waals surface area contributed by atoms with Crippen LogP contribution in [-0.4, -0.2) is 38.4 Å². The summed E-state index contributed by atoms with van der Waals surface area (Å²) in [5.41, 5.74) is 1.07. The molecule has 0 fully saturated rings. The minimum atomic E-state index is -0.492. The zero-order valence-electron chi connectivity index (χ0n) is 19.9. The SMILES string of the molecule is C=CC(=O)OCCOc1c2ccccc2c(OCCOC(=O)C=C)c2cc(C(C)(C)C)ccc12. The molecule has 3 aromatic carbocycles. The van der Waals surface area contributed by atoms with Gasteiger partial charge in [0.05, 0.1) is 0 Å². The second-order valence-corrected chi connectivity index (χ2v) is 8.65. The average molecular weight is 463 g/mol. The Morgan fingerprint density at radius 1 is 0.735 bits per heavy atom. The van der Waals surface area contributed by atoms with Gasteiger partial charge in [0.1, 0.15) is 37.9 Å². The van der Waals surface area contributed by atoms with Crippen molar-refractivity contribution in [2.45, 2.75) is 26.2 Å². The van der Waals surface area contributed by atoms with Gasteiger partial charge in [0.2, 0.25) is 0 Å². The first-order valence-corrected chi connectivity index (χ1v) is 11.1. The van der Waals surface area contributed by atoms with Crippen molar-refractivity contribution in [3.05, 3.63) is 73.3 Å². The van der Waals surface area contributed by atoms with Gasteiger partial charge < -0.3 is 18.9 Å². The number of benzene rings is 3. The predicted molar refractivity (Wildman–Crippen MR) is 133 cm³/mol. The van der Waals surface area contributed by atoms with Crippen molar-refractivity contribution in [3.8, 4) is 11.5 Å². The molecule has 0 spiro atoms. The number of carbonyl (C=O) groups is 2. The summed E-state index contributed by atoms with van der Waals surface area (Å²) in [6, 6.07) is 14.0. The monoisotopic (exact) mass is 462 g/mol. The van der Waals surface area contributed by atoms with Gasteiger partial charge in [0, 0.05) is 33.7 Å². The van der Waals surface area contributed by atoms with Crippen molar-refractivity contribution in [2.24, 2.45) is 0 Å². The predicted octanol–water partition coefficient (Wildman–Crippen LogP) is 5.51. The molecule has 0 aliphatic carbocycles. The molecule has 0 saturated carbocycles. The molecule has 0 aliphatic heterocycles. The number of esters is 2. The highest BCUT2D eigenvalue weighted by molar-refractivity contribution is 6.11. The van der Waals surface area contributed by atoms with Gasteiger partial charge in [-0.05, 0) is 17.0 Å². The maximum Gasteiger partial charge on any atom is 0.330 e. The van der Waals surface area contributed by atoms with E-state index in [1.54, 1.807) is 0 Å². The van der Waals surface area contributed by atoms with Crippen LogP contribution in [0.3, 0.4) is 0 Å². The summed E-state index contributed by atoms with van der Waals surface area (Å²) in [5, 5.41) is 3.50. The van der Waals surface area contributed by atoms with Crippen LogP contribution in [0.15, 0.2) is 67.8 Å². The lowest BCUT2D eigenvalue weighted by molar-refractivity contribution is -0.139. The molecular weight excluding hydrogens is 432 g/mol. The van der Waals surface area contributed by atoms with Crippen molar-refractivity contribution in [3.63, 3.8) is 0 Å². The fourth-order valence-corrected chi connectivity index (χ4v) is 3.57. The van der Waals surface area contributed by atoms with Crippen LogP contribution in [0.25, 0.3) is 21.5 Å². The molecule has 0 unspecified atom stereocenters. The van der Waals surface area contributed by atoms with E-state index in [4.69, 9.17) is 18.9 Å². The quantitative estimate of drug-likeness (QED) is 0.171. The third kappa shape index (κ3) is 5.76. The second kappa shape index (κ2) is 10.9. The summed E-state index contributed by atoms with van der Waals surface area (Å²) in [7, 11) is 0. The highest BCUT2D eigenvalue weighted by Crippen LogP contribution is 2.44. The second-order valence-electron chi connectivity index (χ2n) is 8.65. The van der Waals surface area contributed by atoms with Gasteiger partial charge in [0.15, 0.2) is 0 Å². The first kappa shape index (κ1) is 24.8. The molecule has 6 heteroatoms. The van der Waals surface area contributed by atoms with Crippen LogP contribution in [0.5, 0.6) is 11.5 Å². The van der Waals surface area contributed by atoms with Crippen molar-refractivity contribution >= 4 is 33.5 Å². The zero-order chi connectivity index (χ0) is 24.7. The normalized spacial score (nSPS) is 11.1. The molecule has 3 aromatic rings.